The maximum absolute atomic E-state index is 13.0. The van der Waals surface area contributed by atoms with Gasteiger partial charge in [-0.25, -0.2) is 0 Å². The Kier molecular flexibility index (Phi) is 5.49. The van der Waals surface area contributed by atoms with Gasteiger partial charge in [0, 0.05) is 32.0 Å². The predicted molar refractivity (Wildman–Crippen MR) is 92.7 cm³/mol. The molecule has 2 fully saturated rings. The number of hydrogen-bond acceptors (Lipinski definition) is 4. The SMILES string of the molecule is CN(CC1CCOCC1)C1CCCN(c2ccc(C#N)cc2)C1=O. The first-order chi connectivity index (χ1) is 11.7. The van der Waals surface area contributed by atoms with Crippen molar-refractivity contribution in [3.63, 3.8) is 0 Å². The molecule has 1 atom stereocenters. The molecule has 0 spiro atoms. The largest absolute Gasteiger partial charge is 0.381 e. The van der Waals surface area contributed by atoms with E-state index in [2.05, 4.69) is 18.0 Å². The Hall–Kier alpha value is -1.90. The summed E-state index contributed by atoms with van der Waals surface area (Å²) in [6, 6.07) is 9.37. The maximum Gasteiger partial charge on any atom is 0.244 e. The van der Waals surface area contributed by atoms with Crippen molar-refractivity contribution < 1.29 is 9.53 Å². The average Bonchev–Trinajstić information content (AvgIpc) is 2.63. The molecule has 2 aliphatic rings. The van der Waals surface area contributed by atoms with E-state index in [1.165, 1.54) is 0 Å². The van der Waals surface area contributed by atoms with E-state index in [-0.39, 0.29) is 11.9 Å². The van der Waals surface area contributed by atoms with Crippen LogP contribution in [0.4, 0.5) is 5.69 Å². The lowest BCUT2D eigenvalue weighted by atomic mass is 9.97. The van der Waals surface area contributed by atoms with Gasteiger partial charge in [-0.1, -0.05) is 0 Å². The van der Waals surface area contributed by atoms with E-state index < -0.39 is 0 Å². The van der Waals surface area contributed by atoms with E-state index in [1.54, 1.807) is 12.1 Å². The van der Waals surface area contributed by atoms with Crippen molar-refractivity contribution in [2.75, 3.05) is 38.3 Å². The molecule has 2 saturated heterocycles. The number of benzene rings is 1. The quantitative estimate of drug-likeness (QED) is 0.852. The summed E-state index contributed by atoms with van der Waals surface area (Å²) < 4.78 is 5.43. The van der Waals surface area contributed by atoms with Crippen molar-refractivity contribution in [1.82, 2.24) is 4.90 Å². The summed E-state index contributed by atoms with van der Waals surface area (Å²) in [4.78, 5) is 17.1. The van der Waals surface area contributed by atoms with Gasteiger partial charge >= 0.3 is 0 Å². The van der Waals surface area contributed by atoms with Gasteiger partial charge in [-0.3, -0.25) is 9.69 Å². The molecule has 0 N–H and O–H groups in total. The minimum Gasteiger partial charge on any atom is -0.381 e. The lowest BCUT2D eigenvalue weighted by molar-refractivity contribution is -0.125. The van der Waals surface area contributed by atoms with Gasteiger partial charge in [0.05, 0.1) is 17.7 Å². The molecule has 0 saturated carbocycles. The summed E-state index contributed by atoms with van der Waals surface area (Å²) in [5.41, 5.74) is 1.51. The molecular weight excluding hydrogens is 302 g/mol. The van der Waals surface area contributed by atoms with Crippen LogP contribution in [0.3, 0.4) is 0 Å². The smallest absolute Gasteiger partial charge is 0.244 e. The standard InChI is InChI=1S/C19H25N3O2/c1-21(14-16-8-11-24-12-9-16)18-3-2-10-22(19(18)23)17-6-4-15(13-20)5-7-17/h4-7,16,18H,2-3,8-12,14H2,1H3. The third-order valence-corrected chi connectivity index (χ3v) is 5.14. The van der Waals surface area contributed by atoms with Gasteiger partial charge in [0.2, 0.25) is 5.91 Å². The van der Waals surface area contributed by atoms with Crippen LogP contribution in [-0.2, 0) is 9.53 Å². The molecule has 0 bridgehead atoms. The number of ether oxygens (including phenoxy) is 1. The Morgan fingerprint density at radius 2 is 1.96 bits per heavy atom. The molecule has 2 aliphatic heterocycles. The van der Waals surface area contributed by atoms with Gasteiger partial charge < -0.3 is 9.64 Å². The fourth-order valence-corrected chi connectivity index (χ4v) is 3.70. The van der Waals surface area contributed by atoms with Crippen molar-refractivity contribution in [3.05, 3.63) is 29.8 Å². The molecule has 24 heavy (non-hydrogen) atoms. The van der Waals surface area contributed by atoms with Crippen LogP contribution in [0.5, 0.6) is 0 Å². The Bertz CT molecular complexity index is 602. The number of carbonyl (C=O) groups is 1. The monoisotopic (exact) mass is 327 g/mol. The van der Waals surface area contributed by atoms with E-state index in [0.29, 0.717) is 11.5 Å². The van der Waals surface area contributed by atoms with Gasteiger partial charge in [0.25, 0.3) is 0 Å². The molecule has 1 amide bonds. The molecule has 2 heterocycles. The lowest BCUT2D eigenvalue weighted by Gasteiger charge is -2.38. The summed E-state index contributed by atoms with van der Waals surface area (Å²) in [5, 5.41) is 8.92. The number of nitrogens with zero attached hydrogens (tertiary/aromatic N) is 3. The molecule has 0 aromatic heterocycles. The molecule has 5 heteroatoms. The third kappa shape index (κ3) is 3.77. The number of amides is 1. The molecule has 0 radical (unpaired) electrons. The van der Waals surface area contributed by atoms with Crippen LogP contribution >= 0.6 is 0 Å². The van der Waals surface area contributed by atoms with Gasteiger partial charge in [-0.05, 0) is 62.9 Å². The fraction of sp³-hybridized carbons (Fsp3) is 0.579. The van der Waals surface area contributed by atoms with Crippen molar-refractivity contribution in [2.24, 2.45) is 5.92 Å². The van der Waals surface area contributed by atoms with Crippen molar-refractivity contribution in [3.8, 4) is 6.07 Å². The van der Waals surface area contributed by atoms with E-state index in [1.807, 2.05) is 17.0 Å². The highest BCUT2D eigenvalue weighted by Gasteiger charge is 2.33. The second-order valence-electron chi connectivity index (χ2n) is 6.80. The fourth-order valence-electron chi connectivity index (χ4n) is 3.70. The second kappa shape index (κ2) is 7.78. The summed E-state index contributed by atoms with van der Waals surface area (Å²) in [5.74, 6) is 0.808. The minimum absolute atomic E-state index is 0.0442. The molecule has 1 aromatic rings. The second-order valence-corrected chi connectivity index (χ2v) is 6.80. The topological polar surface area (TPSA) is 56.6 Å². The number of anilines is 1. The normalized spacial score (nSPS) is 22.6. The van der Waals surface area contributed by atoms with Crippen LogP contribution in [0, 0.1) is 17.2 Å². The zero-order valence-electron chi connectivity index (χ0n) is 14.3. The van der Waals surface area contributed by atoms with Crippen LogP contribution in [0.25, 0.3) is 0 Å². The van der Waals surface area contributed by atoms with Crippen molar-refractivity contribution in [1.29, 1.82) is 5.26 Å². The molecular formula is C19H25N3O2. The highest BCUT2D eigenvalue weighted by molar-refractivity contribution is 5.97. The summed E-state index contributed by atoms with van der Waals surface area (Å²) in [6.45, 7) is 3.40. The Morgan fingerprint density at radius 1 is 1.25 bits per heavy atom. The zero-order valence-corrected chi connectivity index (χ0v) is 14.3. The number of likely N-dealkylation sites (N-methyl/N-ethyl adjacent to an activating group) is 1. The molecule has 1 unspecified atom stereocenters. The van der Waals surface area contributed by atoms with Crippen LogP contribution < -0.4 is 4.90 Å². The number of hydrogen-bond donors (Lipinski definition) is 0. The minimum atomic E-state index is -0.0442. The van der Waals surface area contributed by atoms with Gasteiger partial charge in [0.15, 0.2) is 0 Å². The predicted octanol–water partition coefficient (Wildman–Crippen LogP) is 2.41. The highest BCUT2D eigenvalue weighted by Crippen LogP contribution is 2.25. The molecule has 128 valence electrons. The van der Waals surface area contributed by atoms with E-state index >= 15 is 0 Å². The molecule has 5 nitrogen and oxygen atoms in total. The number of carbonyl (C=O) groups excluding carboxylic acids is 1. The first kappa shape index (κ1) is 16.9. The molecule has 3 rings (SSSR count). The number of rotatable bonds is 4. The maximum atomic E-state index is 13.0. The van der Waals surface area contributed by atoms with Gasteiger partial charge in [-0.2, -0.15) is 5.26 Å². The summed E-state index contributed by atoms with van der Waals surface area (Å²) >= 11 is 0. The van der Waals surface area contributed by atoms with Crippen LogP contribution in [-0.4, -0.2) is 50.2 Å². The average molecular weight is 327 g/mol. The first-order valence-electron chi connectivity index (χ1n) is 8.78. The number of piperidine rings is 1. The van der Waals surface area contributed by atoms with Gasteiger partial charge in [-0.15, -0.1) is 0 Å². The van der Waals surface area contributed by atoms with E-state index in [4.69, 9.17) is 10.00 Å². The first-order valence-corrected chi connectivity index (χ1v) is 8.78. The van der Waals surface area contributed by atoms with E-state index in [9.17, 15) is 4.79 Å². The molecule has 0 aliphatic carbocycles. The highest BCUT2D eigenvalue weighted by atomic mass is 16.5. The lowest BCUT2D eigenvalue weighted by Crippen LogP contribution is -2.52. The molecule has 1 aromatic carbocycles. The van der Waals surface area contributed by atoms with Crippen LogP contribution in [0.2, 0.25) is 0 Å². The van der Waals surface area contributed by atoms with Gasteiger partial charge in [0.1, 0.15) is 0 Å². The number of nitriles is 1. The summed E-state index contributed by atoms with van der Waals surface area (Å²) in [7, 11) is 2.07. The third-order valence-electron chi connectivity index (χ3n) is 5.14. The Morgan fingerprint density at radius 3 is 2.62 bits per heavy atom. The summed E-state index contributed by atoms with van der Waals surface area (Å²) in [6.07, 6.45) is 4.11. The zero-order chi connectivity index (χ0) is 16.9. The van der Waals surface area contributed by atoms with E-state index in [0.717, 1.165) is 57.7 Å². The Balaban J connectivity index is 1.66. The van der Waals surface area contributed by atoms with Crippen LogP contribution in [0.1, 0.15) is 31.2 Å². The van der Waals surface area contributed by atoms with Crippen molar-refractivity contribution in [2.45, 2.75) is 31.7 Å². The van der Waals surface area contributed by atoms with Crippen LogP contribution in [0.15, 0.2) is 24.3 Å². The Labute approximate surface area is 143 Å². The van der Waals surface area contributed by atoms with Crippen molar-refractivity contribution >= 4 is 11.6 Å².